The van der Waals surface area contributed by atoms with Gasteiger partial charge in [-0.25, -0.2) is 5.01 Å². The molecule has 0 aliphatic carbocycles. The number of para-hydroxylation sites is 1. The minimum Gasteiger partial charge on any atom is -0.497 e. The molecule has 0 bridgehead atoms. The van der Waals surface area contributed by atoms with Crippen molar-refractivity contribution in [2.75, 3.05) is 33.9 Å². The van der Waals surface area contributed by atoms with Crippen molar-refractivity contribution in [3.8, 4) is 17.2 Å². The highest BCUT2D eigenvalue weighted by Gasteiger charge is 2.51. The van der Waals surface area contributed by atoms with Gasteiger partial charge < -0.3 is 19.1 Å². The molecule has 5 rings (SSSR count). The van der Waals surface area contributed by atoms with Crippen LogP contribution in [0.25, 0.3) is 0 Å². The summed E-state index contributed by atoms with van der Waals surface area (Å²) in [5, 5.41) is 7.44. The Hall–Kier alpha value is -2.73. The molecule has 2 aromatic rings. The summed E-state index contributed by atoms with van der Waals surface area (Å²) in [7, 11) is 3.37. The minimum atomic E-state index is -0.384. The number of nitrogens with zero attached hydrogens (tertiary/aromatic N) is 3. The maximum atomic E-state index is 6.72. The first-order chi connectivity index (χ1) is 15.2. The fourth-order valence-electron chi connectivity index (χ4n) is 5.20. The molecule has 1 unspecified atom stereocenters. The summed E-state index contributed by atoms with van der Waals surface area (Å²) < 4.78 is 17.8. The van der Waals surface area contributed by atoms with E-state index in [2.05, 4.69) is 47.2 Å². The number of fused-ring (bicyclic) bond motifs is 4. The van der Waals surface area contributed by atoms with Crippen LogP contribution < -0.4 is 14.2 Å². The van der Waals surface area contributed by atoms with Crippen LogP contribution in [0.3, 0.4) is 0 Å². The molecule has 0 N–H and O–H groups in total. The maximum Gasteiger partial charge on any atom is 0.200 e. The molecule has 3 aliphatic rings. The van der Waals surface area contributed by atoms with Gasteiger partial charge in [-0.3, -0.25) is 0 Å². The van der Waals surface area contributed by atoms with Crippen molar-refractivity contribution in [1.29, 1.82) is 0 Å². The summed E-state index contributed by atoms with van der Waals surface area (Å²) in [5.74, 6) is 2.58. The first-order valence-corrected chi connectivity index (χ1v) is 11.3. The molecule has 0 amide bonds. The molecule has 1 atom stereocenters. The summed E-state index contributed by atoms with van der Waals surface area (Å²) in [5.41, 5.74) is 2.90. The lowest BCUT2D eigenvalue weighted by Crippen LogP contribution is -2.59. The Morgan fingerprint density at radius 1 is 1.10 bits per heavy atom. The third kappa shape index (κ3) is 3.43. The normalized spacial score (nSPS) is 21.8. The monoisotopic (exact) mass is 421 g/mol. The first kappa shape index (κ1) is 20.2. The zero-order valence-corrected chi connectivity index (χ0v) is 18.6. The molecular weight excluding hydrogens is 390 g/mol. The van der Waals surface area contributed by atoms with Crippen molar-refractivity contribution in [2.45, 2.75) is 44.4 Å². The molecule has 0 aromatic heterocycles. The van der Waals surface area contributed by atoms with Crippen LogP contribution in [-0.2, 0) is 0 Å². The van der Waals surface area contributed by atoms with E-state index in [4.69, 9.17) is 19.3 Å². The van der Waals surface area contributed by atoms with E-state index in [0.29, 0.717) is 0 Å². The zero-order chi connectivity index (χ0) is 21.4. The van der Waals surface area contributed by atoms with E-state index in [0.717, 1.165) is 67.4 Å². The summed E-state index contributed by atoms with van der Waals surface area (Å²) in [4.78, 5) is 2.54. The second-order valence-corrected chi connectivity index (χ2v) is 8.61. The van der Waals surface area contributed by atoms with Gasteiger partial charge in [-0.15, -0.1) is 0 Å². The van der Waals surface area contributed by atoms with Gasteiger partial charge in [-0.05, 0) is 31.2 Å². The van der Waals surface area contributed by atoms with Crippen molar-refractivity contribution >= 4 is 5.71 Å². The van der Waals surface area contributed by atoms with Crippen LogP contribution in [0.4, 0.5) is 0 Å². The quantitative estimate of drug-likeness (QED) is 0.714. The number of hydrogen-bond donors (Lipinski definition) is 0. The second-order valence-electron chi connectivity index (χ2n) is 8.61. The van der Waals surface area contributed by atoms with Gasteiger partial charge in [0.15, 0.2) is 0 Å². The van der Waals surface area contributed by atoms with E-state index in [1.165, 1.54) is 12.0 Å². The standard InChI is InChI=1S/C25H31N3O3/c1-4-13-27-14-11-25(12-15-27)28-22(20-7-5-6-8-23(20)31-25)17-21(26-28)19-10-9-18(29-2)16-24(19)30-3/h5-10,16,22H,4,11-15,17H2,1-3H3. The molecule has 6 heteroatoms. The topological polar surface area (TPSA) is 46.5 Å². The molecule has 1 spiro atoms. The van der Waals surface area contributed by atoms with E-state index in [1.54, 1.807) is 14.2 Å². The average Bonchev–Trinajstić information content (AvgIpc) is 3.27. The fraction of sp³-hybridized carbons (Fsp3) is 0.480. The van der Waals surface area contributed by atoms with Crippen molar-refractivity contribution < 1.29 is 14.2 Å². The van der Waals surface area contributed by atoms with Gasteiger partial charge in [0.2, 0.25) is 5.72 Å². The van der Waals surface area contributed by atoms with Gasteiger partial charge in [-0.1, -0.05) is 25.1 Å². The van der Waals surface area contributed by atoms with E-state index >= 15 is 0 Å². The summed E-state index contributed by atoms with van der Waals surface area (Å²) in [6.45, 7) is 5.46. The molecular formula is C25H31N3O3. The van der Waals surface area contributed by atoms with E-state index in [9.17, 15) is 0 Å². The molecule has 164 valence electrons. The third-order valence-corrected chi connectivity index (χ3v) is 6.80. The summed E-state index contributed by atoms with van der Waals surface area (Å²) >= 11 is 0. The Labute approximate surface area is 184 Å². The molecule has 1 fully saturated rings. The van der Waals surface area contributed by atoms with Gasteiger partial charge >= 0.3 is 0 Å². The lowest BCUT2D eigenvalue weighted by Gasteiger charge is -2.51. The van der Waals surface area contributed by atoms with Crippen LogP contribution in [0.5, 0.6) is 17.2 Å². The van der Waals surface area contributed by atoms with Crippen LogP contribution in [0.15, 0.2) is 47.6 Å². The molecule has 1 saturated heterocycles. The molecule has 31 heavy (non-hydrogen) atoms. The highest BCUT2D eigenvalue weighted by Crippen LogP contribution is 2.50. The number of benzene rings is 2. The number of rotatable bonds is 5. The Bertz CT molecular complexity index is 982. The van der Waals surface area contributed by atoms with E-state index < -0.39 is 0 Å². The Morgan fingerprint density at radius 2 is 1.90 bits per heavy atom. The lowest BCUT2D eigenvalue weighted by atomic mass is 9.90. The van der Waals surface area contributed by atoms with Crippen LogP contribution in [0.1, 0.15) is 49.8 Å². The van der Waals surface area contributed by atoms with Gasteiger partial charge in [0.05, 0.1) is 26.0 Å². The van der Waals surface area contributed by atoms with Crippen LogP contribution in [0.2, 0.25) is 0 Å². The lowest BCUT2D eigenvalue weighted by molar-refractivity contribution is -0.149. The van der Waals surface area contributed by atoms with Gasteiger partial charge in [-0.2, -0.15) is 5.10 Å². The van der Waals surface area contributed by atoms with Gasteiger partial charge in [0, 0.05) is 49.5 Å². The van der Waals surface area contributed by atoms with Gasteiger partial charge in [0.25, 0.3) is 0 Å². The fourth-order valence-corrected chi connectivity index (χ4v) is 5.20. The maximum absolute atomic E-state index is 6.72. The number of piperidine rings is 1. The smallest absolute Gasteiger partial charge is 0.200 e. The Morgan fingerprint density at radius 3 is 2.65 bits per heavy atom. The van der Waals surface area contributed by atoms with Crippen molar-refractivity contribution in [1.82, 2.24) is 9.91 Å². The van der Waals surface area contributed by atoms with Crippen LogP contribution in [-0.4, -0.2) is 55.2 Å². The molecule has 0 radical (unpaired) electrons. The molecule has 3 aliphatic heterocycles. The largest absolute Gasteiger partial charge is 0.497 e. The van der Waals surface area contributed by atoms with Crippen molar-refractivity contribution in [3.63, 3.8) is 0 Å². The number of ether oxygens (including phenoxy) is 3. The molecule has 0 saturated carbocycles. The number of methoxy groups -OCH3 is 2. The Kier molecular flexibility index (Phi) is 5.26. The number of likely N-dealkylation sites (tertiary alicyclic amines) is 1. The highest BCUT2D eigenvalue weighted by molar-refractivity contribution is 6.04. The van der Waals surface area contributed by atoms with Crippen molar-refractivity contribution in [2.24, 2.45) is 5.10 Å². The van der Waals surface area contributed by atoms with Gasteiger partial charge in [0.1, 0.15) is 17.2 Å². The second kappa shape index (κ2) is 8.08. The molecule has 6 nitrogen and oxygen atoms in total. The minimum absolute atomic E-state index is 0.185. The predicted molar refractivity (Wildman–Crippen MR) is 121 cm³/mol. The summed E-state index contributed by atoms with van der Waals surface area (Å²) in [6.07, 6.45) is 3.93. The zero-order valence-electron chi connectivity index (χ0n) is 18.6. The Balaban J connectivity index is 1.53. The van der Waals surface area contributed by atoms with Crippen molar-refractivity contribution in [3.05, 3.63) is 53.6 Å². The first-order valence-electron chi connectivity index (χ1n) is 11.3. The SMILES string of the molecule is CCCN1CCC2(CC1)Oc1ccccc1C1CC(c3ccc(OC)cc3OC)=NN12. The van der Waals surface area contributed by atoms with E-state index in [1.807, 2.05) is 12.1 Å². The van der Waals surface area contributed by atoms with Crippen LogP contribution in [0, 0.1) is 0 Å². The number of hydrogen-bond acceptors (Lipinski definition) is 6. The third-order valence-electron chi connectivity index (χ3n) is 6.80. The van der Waals surface area contributed by atoms with Crippen LogP contribution >= 0.6 is 0 Å². The number of hydrazone groups is 1. The average molecular weight is 422 g/mol. The molecule has 3 heterocycles. The highest BCUT2D eigenvalue weighted by atomic mass is 16.5. The molecule has 2 aromatic carbocycles. The predicted octanol–water partition coefficient (Wildman–Crippen LogP) is 4.45. The summed E-state index contributed by atoms with van der Waals surface area (Å²) in [6, 6.07) is 14.6. The van der Waals surface area contributed by atoms with E-state index in [-0.39, 0.29) is 11.8 Å².